The highest BCUT2D eigenvalue weighted by Crippen LogP contribution is 2.59. The summed E-state index contributed by atoms with van der Waals surface area (Å²) in [6.07, 6.45) is 5.40. The molecule has 2 heterocycles. The molecule has 3 aliphatic carbocycles. The Balaban J connectivity index is 1.41. The maximum Gasteiger partial charge on any atom is 0.462 e. The first-order chi connectivity index (χ1) is 11.1. The first-order valence-corrected chi connectivity index (χ1v) is 8.85. The number of benzene rings is 1. The lowest BCUT2D eigenvalue weighted by atomic mass is 9.51. The van der Waals surface area contributed by atoms with Crippen molar-refractivity contribution in [3.63, 3.8) is 0 Å². The minimum Gasteiger partial charge on any atom is -0.464 e. The van der Waals surface area contributed by atoms with Crippen molar-refractivity contribution in [3.05, 3.63) is 35.6 Å². The Kier molecular flexibility index (Phi) is 2.85. The molecule has 0 N–H and O–H groups in total. The quantitative estimate of drug-likeness (QED) is 0.781. The number of aryl methyl sites for hydroxylation is 1. The van der Waals surface area contributed by atoms with Crippen LogP contribution in [0.4, 0.5) is 0 Å². The van der Waals surface area contributed by atoms with Gasteiger partial charge in [-0.3, -0.25) is 0 Å². The van der Waals surface area contributed by atoms with E-state index in [4.69, 9.17) is 13.7 Å². The van der Waals surface area contributed by atoms with Gasteiger partial charge in [-0.2, -0.15) is 0 Å². The van der Waals surface area contributed by atoms with Crippen molar-refractivity contribution in [2.75, 3.05) is 0 Å². The van der Waals surface area contributed by atoms with Crippen LogP contribution < -0.4 is 0 Å². The van der Waals surface area contributed by atoms with Gasteiger partial charge in [-0.1, -0.05) is 25.1 Å². The van der Waals surface area contributed by atoms with Crippen molar-refractivity contribution in [1.29, 1.82) is 0 Å². The molecule has 2 bridgehead atoms. The summed E-state index contributed by atoms with van der Waals surface area (Å²) >= 11 is 0. The number of fused-ring (bicyclic) bond motifs is 1. The lowest BCUT2D eigenvalue weighted by molar-refractivity contribution is -0.151. The fourth-order valence-corrected chi connectivity index (χ4v) is 5.23. The summed E-state index contributed by atoms with van der Waals surface area (Å²) in [4.78, 5) is 0. The van der Waals surface area contributed by atoms with E-state index in [0.717, 1.165) is 30.2 Å². The van der Waals surface area contributed by atoms with Crippen LogP contribution in [0.1, 0.15) is 37.8 Å². The molecular weight excluding hydrogens is 287 g/mol. The van der Waals surface area contributed by atoms with E-state index < -0.39 is 0 Å². The van der Waals surface area contributed by atoms with E-state index >= 15 is 0 Å². The second-order valence-electron chi connectivity index (χ2n) is 7.97. The molecule has 0 radical (unpaired) electrons. The minimum absolute atomic E-state index is 0.0890. The predicted octanol–water partition coefficient (Wildman–Crippen LogP) is 4.16. The van der Waals surface area contributed by atoms with Gasteiger partial charge in [0.25, 0.3) is 0 Å². The van der Waals surface area contributed by atoms with Gasteiger partial charge >= 0.3 is 7.12 Å². The van der Waals surface area contributed by atoms with Crippen LogP contribution in [0.5, 0.6) is 0 Å². The Morgan fingerprint density at radius 1 is 1.30 bits per heavy atom. The topological polar surface area (TPSA) is 31.6 Å². The van der Waals surface area contributed by atoms with Gasteiger partial charge in [0.05, 0.1) is 18.0 Å². The number of furan rings is 1. The van der Waals surface area contributed by atoms with Crippen molar-refractivity contribution >= 4 is 18.1 Å². The van der Waals surface area contributed by atoms with Crippen LogP contribution in [0.15, 0.2) is 28.9 Å². The van der Waals surface area contributed by atoms with E-state index in [1.165, 1.54) is 22.9 Å². The highest BCUT2D eigenvalue weighted by molar-refractivity contribution is 6.45. The third kappa shape index (κ3) is 1.85. The fourth-order valence-electron chi connectivity index (χ4n) is 5.23. The first-order valence-electron chi connectivity index (χ1n) is 8.85. The molecule has 3 nitrogen and oxygen atoms in total. The van der Waals surface area contributed by atoms with Crippen LogP contribution in [0.2, 0.25) is 0 Å². The molecular formula is C19H23BO3. The van der Waals surface area contributed by atoms with Gasteiger partial charge in [0.2, 0.25) is 0 Å². The van der Waals surface area contributed by atoms with Gasteiger partial charge in [-0.05, 0) is 55.6 Å². The molecule has 5 atom stereocenters. The van der Waals surface area contributed by atoms with Crippen LogP contribution in [-0.4, -0.2) is 18.8 Å². The number of rotatable bonds is 2. The molecule has 0 spiro atoms. The Morgan fingerprint density at radius 3 is 3.00 bits per heavy atom. The van der Waals surface area contributed by atoms with Gasteiger partial charge in [0, 0.05) is 11.7 Å². The molecule has 1 saturated heterocycles. The number of hydrogen-bond acceptors (Lipinski definition) is 3. The molecule has 0 amide bonds. The summed E-state index contributed by atoms with van der Waals surface area (Å²) in [5.41, 5.74) is 3.27. The van der Waals surface area contributed by atoms with E-state index in [0.29, 0.717) is 5.92 Å². The molecule has 2 aromatic rings. The summed E-state index contributed by atoms with van der Waals surface area (Å²) in [6, 6.07) is 6.30. The highest BCUT2D eigenvalue weighted by Gasteiger charge is 2.63. The minimum atomic E-state index is -0.141. The van der Waals surface area contributed by atoms with E-state index in [1.807, 2.05) is 6.26 Å². The molecule has 4 heteroatoms. The van der Waals surface area contributed by atoms with Crippen molar-refractivity contribution in [2.45, 2.75) is 51.6 Å². The van der Waals surface area contributed by atoms with Crippen molar-refractivity contribution in [3.8, 4) is 0 Å². The van der Waals surface area contributed by atoms with Gasteiger partial charge in [0.1, 0.15) is 5.58 Å². The summed E-state index contributed by atoms with van der Waals surface area (Å²) in [7, 11) is -0.141. The fraction of sp³-hybridized carbons (Fsp3) is 0.579. The lowest BCUT2D eigenvalue weighted by Gasteiger charge is -2.58. The maximum atomic E-state index is 6.46. The molecule has 4 fully saturated rings. The van der Waals surface area contributed by atoms with Gasteiger partial charge in [0.15, 0.2) is 0 Å². The van der Waals surface area contributed by atoms with E-state index in [9.17, 15) is 0 Å². The Morgan fingerprint density at radius 2 is 2.17 bits per heavy atom. The zero-order valence-corrected chi connectivity index (χ0v) is 14.0. The maximum absolute atomic E-state index is 6.46. The number of hydrogen-bond donors (Lipinski definition) is 0. The predicted molar refractivity (Wildman–Crippen MR) is 90.2 cm³/mol. The Labute approximate surface area is 137 Å². The third-order valence-electron chi connectivity index (χ3n) is 6.79. The van der Waals surface area contributed by atoms with Crippen LogP contribution in [0.25, 0.3) is 11.0 Å². The van der Waals surface area contributed by atoms with Crippen molar-refractivity contribution in [2.24, 2.45) is 17.8 Å². The zero-order chi connectivity index (χ0) is 15.8. The smallest absolute Gasteiger partial charge is 0.462 e. The second-order valence-corrected chi connectivity index (χ2v) is 7.97. The molecule has 1 unspecified atom stereocenters. The molecule has 1 aromatic heterocycles. The molecule has 23 heavy (non-hydrogen) atoms. The first kappa shape index (κ1) is 14.1. The molecule has 120 valence electrons. The summed E-state index contributed by atoms with van der Waals surface area (Å²) in [6.45, 7) is 6.73. The van der Waals surface area contributed by atoms with Crippen LogP contribution in [-0.2, 0) is 15.6 Å². The molecule has 4 aliphatic rings. The normalized spacial score (nSPS) is 38.7. The summed E-state index contributed by atoms with van der Waals surface area (Å²) in [5, 5.41) is 1.19. The average Bonchev–Trinajstić information content (AvgIpc) is 3.07. The van der Waals surface area contributed by atoms with Crippen LogP contribution in [0, 0.1) is 24.7 Å². The van der Waals surface area contributed by atoms with Gasteiger partial charge in [-0.15, -0.1) is 0 Å². The molecule has 6 rings (SSSR count). The zero-order valence-electron chi connectivity index (χ0n) is 14.0. The number of para-hydroxylation sites is 1. The average molecular weight is 310 g/mol. The van der Waals surface area contributed by atoms with Gasteiger partial charge in [-0.25, -0.2) is 0 Å². The largest absolute Gasteiger partial charge is 0.464 e. The van der Waals surface area contributed by atoms with E-state index in [2.05, 4.69) is 39.0 Å². The third-order valence-corrected chi connectivity index (χ3v) is 6.79. The van der Waals surface area contributed by atoms with E-state index in [-0.39, 0.29) is 18.8 Å². The molecule has 3 saturated carbocycles. The monoisotopic (exact) mass is 310 g/mol. The summed E-state index contributed by atoms with van der Waals surface area (Å²) in [5.74, 6) is 2.30. The standard InChI is InChI=1S/C19H23BO3/c1-11-5-4-6-15-14(10-21-18(11)15)9-20-22-17-8-13-7-16(12(13)2)19(17,3)23-20/h4-6,10,12-13,16-17H,7-9H2,1-3H3/t12-,13+,16?,17-,19+/m1/s1. The van der Waals surface area contributed by atoms with Crippen molar-refractivity contribution in [1.82, 2.24) is 0 Å². The molecule has 1 aliphatic heterocycles. The Hall–Kier alpha value is -1.26. The van der Waals surface area contributed by atoms with Crippen LogP contribution >= 0.6 is 0 Å². The van der Waals surface area contributed by atoms with Gasteiger partial charge < -0.3 is 13.7 Å². The van der Waals surface area contributed by atoms with E-state index in [1.54, 1.807) is 0 Å². The second kappa shape index (κ2) is 4.64. The Bertz CT molecular complexity index is 769. The van der Waals surface area contributed by atoms with Crippen molar-refractivity contribution < 1.29 is 13.7 Å². The summed E-state index contributed by atoms with van der Waals surface area (Å²) < 4.78 is 18.5. The van der Waals surface area contributed by atoms with Crippen LogP contribution in [0.3, 0.4) is 0 Å². The molecule has 1 aromatic carbocycles. The lowest BCUT2D eigenvalue weighted by Crippen LogP contribution is -2.60. The highest BCUT2D eigenvalue weighted by atomic mass is 16.7. The SMILES string of the molecule is Cc1cccc2c(CB3O[C@@H]4C[C@@H]5CC([C@@H]5C)[C@]4(C)O3)coc12.